The molecule has 0 N–H and O–H groups in total. The minimum Gasteiger partial charge on any atom is -0.305 e. The summed E-state index contributed by atoms with van der Waals surface area (Å²) < 4.78 is 13.7. The Labute approximate surface area is 120 Å². The van der Waals surface area contributed by atoms with Crippen molar-refractivity contribution in [2.75, 3.05) is 33.2 Å². The summed E-state index contributed by atoms with van der Waals surface area (Å²) in [5, 5.41) is 0. The van der Waals surface area contributed by atoms with Gasteiger partial charge in [-0.15, -0.1) is 0 Å². The van der Waals surface area contributed by atoms with Gasteiger partial charge in [-0.25, -0.2) is 4.39 Å². The molecule has 1 saturated heterocycles. The van der Waals surface area contributed by atoms with Gasteiger partial charge in [0.1, 0.15) is 5.82 Å². The van der Waals surface area contributed by atoms with Crippen molar-refractivity contribution in [3.05, 3.63) is 35.6 Å². The predicted octanol–water partition coefficient (Wildman–Crippen LogP) is 2.42. The molecule has 0 bridgehead atoms. The molecule has 1 aliphatic heterocycles. The number of carbonyl (C=O) groups excluding carboxylic acids is 1. The van der Waals surface area contributed by atoms with Crippen molar-refractivity contribution >= 4 is 5.78 Å². The number of hydrogen-bond donors (Lipinski definition) is 0. The Morgan fingerprint density at radius 3 is 2.80 bits per heavy atom. The molecule has 1 fully saturated rings. The lowest BCUT2D eigenvalue weighted by Gasteiger charge is -2.29. The number of ketones is 1. The van der Waals surface area contributed by atoms with E-state index in [1.54, 1.807) is 18.2 Å². The van der Waals surface area contributed by atoms with Crippen LogP contribution >= 0.6 is 0 Å². The normalized spacial score (nSPS) is 21.6. The zero-order valence-corrected chi connectivity index (χ0v) is 12.3. The molecule has 1 heterocycles. The van der Waals surface area contributed by atoms with E-state index in [9.17, 15) is 9.18 Å². The Hall–Kier alpha value is -1.26. The molecule has 0 spiro atoms. The van der Waals surface area contributed by atoms with Crippen molar-refractivity contribution < 1.29 is 9.18 Å². The number of halogens is 1. The second kappa shape index (κ2) is 6.95. The number of carbonyl (C=O) groups is 1. The van der Waals surface area contributed by atoms with Gasteiger partial charge < -0.3 is 4.90 Å². The van der Waals surface area contributed by atoms with E-state index in [0.29, 0.717) is 12.6 Å². The molecule has 1 unspecified atom stereocenters. The summed E-state index contributed by atoms with van der Waals surface area (Å²) in [5.74, 6) is -0.538. The van der Waals surface area contributed by atoms with Crippen LogP contribution in [0.15, 0.2) is 24.3 Å². The summed E-state index contributed by atoms with van der Waals surface area (Å²) in [6.45, 7) is 5.39. The monoisotopic (exact) mass is 278 g/mol. The molecule has 0 aromatic heterocycles. The second-order valence-electron chi connectivity index (χ2n) is 5.55. The first-order valence-corrected chi connectivity index (χ1v) is 7.32. The molecule has 0 aliphatic carbocycles. The molecule has 1 aliphatic rings. The summed E-state index contributed by atoms with van der Waals surface area (Å²) in [4.78, 5) is 16.8. The largest absolute Gasteiger partial charge is 0.305 e. The highest BCUT2D eigenvalue weighted by molar-refractivity contribution is 5.97. The van der Waals surface area contributed by atoms with Gasteiger partial charge in [-0.05, 0) is 38.6 Å². The lowest BCUT2D eigenvalue weighted by Crippen LogP contribution is -2.42. The van der Waals surface area contributed by atoms with Gasteiger partial charge in [0, 0.05) is 19.1 Å². The third-order valence-corrected chi connectivity index (χ3v) is 4.02. The average molecular weight is 278 g/mol. The third-order valence-electron chi connectivity index (χ3n) is 4.02. The zero-order chi connectivity index (χ0) is 14.5. The predicted molar refractivity (Wildman–Crippen MR) is 78.5 cm³/mol. The van der Waals surface area contributed by atoms with Crippen molar-refractivity contribution in [3.8, 4) is 0 Å². The van der Waals surface area contributed by atoms with E-state index in [2.05, 4.69) is 23.8 Å². The van der Waals surface area contributed by atoms with Crippen LogP contribution in [0.2, 0.25) is 0 Å². The van der Waals surface area contributed by atoms with Gasteiger partial charge in [-0.2, -0.15) is 0 Å². The molecule has 20 heavy (non-hydrogen) atoms. The van der Waals surface area contributed by atoms with Crippen LogP contribution in [0.3, 0.4) is 0 Å². The fourth-order valence-electron chi connectivity index (χ4n) is 2.85. The molecule has 0 amide bonds. The van der Waals surface area contributed by atoms with Crippen molar-refractivity contribution in [1.29, 1.82) is 0 Å². The standard InChI is InChI=1S/C16H23FN2O/c1-3-13-11-18(2)9-6-10-19(13)12-16(20)14-7-4-5-8-15(14)17/h4-5,7-8,13H,3,6,9-12H2,1-2H3. The van der Waals surface area contributed by atoms with Gasteiger partial charge >= 0.3 is 0 Å². The number of Topliss-reactive ketones (excluding diaryl/α,β-unsaturated/α-hetero) is 1. The maximum atomic E-state index is 13.7. The van der Waals surface area contributed by atoms with Crippen LogP contribution in [0.25, 0.3) is 0 Å². The lowest BCUT2D eigenvalue weighted by molar-refractivity contribution is 0.0884. The first kappa shape index (κ1) is 15.1. The van der Waals surface area contributed by atoms with Crippen LogP contribution in [-0.4, -0.2) is 54.9 Å². The first-order chi connectivity index (χ1) is 9.61. The lowest BCUT2D eigenvalue weighted by atomic mass is 10.1. The summed E-state index contributed by atoms with van der Waals surface area (Å²) in [5.41, 5.74) is 0.208. The van der Waals surface area contributed by atoms with Gasteiger partial charge in [0.2, 0.25) is 0 Å². The number of hydrogen-bond acceptors (Lipinski definition) is 3. The summed E-state index contributed by atoms with van der Waals surface area (Å²) in [6.07, 6.45) is 2.06. The van der Waals surface area contributed by atoms with Crippen LogP contribution in [0.4, 0.5) is 4.39 Å². The quantitative estimate of drug-likeness (QED) is 0.790. The van der Waals surface area contributed by atoms with Crippen molar-refractivity contribution in [1.82, 2.24) is 9.80 Å². The maximum absolute atomic E-state index is 13.7. The van der Waals surface area contributed by atoms with Crippen LogP contribution in [-0.2, 0) is 0 Å². The summed E-state index contributed by atoms with van der Waals surface area (Å²) >= 11 is 0. The van der Waals surface area contributed by atoms with Crippen molar-refractivity contribution in [2.24, 2.45) is 0 Å². The molecule has 0 radical (unpaired) electrons. The van der Waals surface area contributed by atoms with E-state index in [1.807, 2.05) is 0 Å². The molecule has 0 saturated carbocycles. The van der Waals surface area contributed by atoms with Crippen molar-refractivity contribution in [2.45, 2.75) is 25.8 Å². The Kier molecular flexibility index (Phi) is 5.26. The van der Waals surface area contributed by atoms with E-state index in [0.717, 1.165) is 32.5 Å². The third kappa shape index (κ3) is 3.64. The second-order valence-corrected chi connectivity index (χ2v) is 5.55. The maximum Gasteiger partial charge on any atom is 0.179 e. The fraction of sp³-hybridized carbons (Fsp3) is 0.562. The Bertz CT molecular complexity index is 464. The van der Waals surface area contributed by atoms with Gasteiger partial charge in [0.25, 0.3) is 0 Å². The zero-order valence-electron chi connectivity index (χ0n) is 12.3. The SMILES string of the molecule is CCC1CN(C)CCCN1CC(=O)c1ccccc1F. The van der Waals surface area contributed by atoms with Crippen LogP contribution in [0, 0.1) is 5.82 Å². The highest BCUT2D eigenvalue weighted by atomic mass is 19.1. The minimum absolute atomic E-state index is 0.119. The minimum atomic E-state index is -0.419. The summed E-state index contributed by atoms with van der Waals surface area (Å²) in [6, 6.07) is 6.62. The molecule has 4 heteroatoms. The average Bonchev–Trinajstić information content (AvgIpc) is 2.61. The highest BCUT2D eigenvalue weighted by Gasteiger charge is 2.24. The van der Waals surface area contributed by atoms with E-state index in [-0.39, 0.29) is 11.3 Å². The molecular weight excluding hydrogens is 255 g/mol. The van der Waals surface area contributed by atoms with Gasteiger partial charge in [0.05, 0.1) is 12.1 Å². The molecule has 1 aromatic carbocycles. The smallest absolute Gasteiger partial charge is 0.179 e. The number of rotatable bonds is 4. The fourth-order valence-corrected chi connectivity index (χ4v) is 2.85. The topological polar surface area (TPSA) is 23.6 Å². The van der Waals surface area contributed by atoms with Gasteiger partial charge in [-0.1, -0.05) is 19.1 Å². The van der Waals surface area contributed by atoms with Crippen LogP contribution < -0.4 is 0 Å². The molecule has 1 aromatic rings. The van der Waals surface area contributed by atoms with E-state index in [1.165, 1.54) is 6.07 Å². The number of likely N-dealkylation sites (N-methyl/N-ethyl adjacent to an activating group) is 1. The molecule has 2 rings (SSSR count). The molecule has 3 nitrogen and oxygen atoms in total. The van der Waals surface area contributed by atoms with Crippen LogP contribution in [0.5, 0.6) is 0 Å². The Morgan fingerprint density at radius 2 is 2.10 bits per heavy atom. The highest BCUT2D eigenvalue weighted by Crippen LogP contribution is 2.14. The number of benzene rings is 1. The van der Waals surface area contributed by atoms with Gasteiger partial charge in [-0.3, -0.25) is 9.69 Å². The van der Waals surface area contributed by atoms with Crippen LogP contribution in [0.1, 0.15) is 30.1 Å². The molecule has 1 atom stereocenters. The van der Waals surface area contributed by atoms with Gasteiger partial charge in [0.15, 0.2) is 5.78 Å². The van der Waals surface area contributed by atoms with E-state index < -0.39 is 5.82 Å². The molecule has 110 valence electrons. The van der Waals surface area contributed by atoms with Crippen molar-refractivity contribution in [3.63, 3.8) is 0 Å². The molecular formula is C16H23FN2O. The number of nitrogens with zero attached hydrogens (tertiary/aromatic N) is 2. The van der Waals surface area contributed by atoms with E-state index in [4.69, 9.17) is 0 Å². The van der Waals surface area contributed by atoms with E-state index >= 15 is 0 Å². The Balaban J connectivity index is 2.07. The summed E-state index contributed by atoms with van der Waals surface area (Å²) in [7, 11) is 2.12. The first-order valence-electron chi connectivity index (χ1n) is 7.32. The Morgan fingerprint density at radius 1 is 1.35 bits per heavy atom.